The molecule has 2 aromatic carbocycles. The largest absolute Gasteiger partial charge is 0.508 e. The summed E-state index contributed by atoms with van der Waals surface area (Å²) in [6, 6.07) is 9.31. The van der Waals surface area contributed by atoms with Gasteiger partial charge in [0.25, 0.3) is 0 Å². The zero-order chi connectivity index (χ0) is 15.3. The van der Waals surface area contributed by atoms with Crippen LogP contribution in [0.25, 0.3) is 0 Å². The Morgan fingerprint density at radius 2 is 1.50 bits per heavy atom. The first kappa shape index (κ1) is 13.5. The molecular formula is C18H19NO3. The normalized spacial score (nSPS) is 20.6. The smallest absolute Gasteiger partial charge is 0.157 e. The van der Waals surface area contributed by atoms with E-state index in [1.54, 1.807) is 18.2 Å². The lowest BCUT2D eigenvalue weighted by molar-refractivity contribution is 0.192. The van der Waals surface area contributed by atoms with Gasteiger partial charge >= 0.3 is 0 Å². The van der Waals surface area contributed by atoms with Gasteiger partial charge in [-0.2, -0.15) is 0 Å². The molecule has 4 heteroatoms. The molecule has 1 atom stereocenters. The zero-order valence-corrected chi connectivity index (χ0v) is 12.3. The van der Waals surface area contributed by atoms with E-state index in [0.29, 0.717) is 5.75 Å². The molecule has 0 saturated heterocycles. The Balaban J connectivity index is 1.77. The Bertz CT molecular complexity index is 741. The van der Waals surface area contributed by atoms with Crippen LogP contribution in [-0.4, -0.2) is 33.3 Å². The molecule has 0 aliphatic carbocycles. The highest BCUT2D eigenvalue weighted by molar-refractivity contribution is 5.48. The van der Waals surface area contributed by atoms with Crippen LogP contribution < -0.4 is 0 Å². The maximum Gasteiger partial charge on any atom is 0.157 e. The number of hydrogen-bond donors (Lipinski definition) is 3. The fourth-order valence-corrected chi connectivity index (χ4v) is 3.82. The van der Waals surface area contributed by atoms with Crippen LogP contribution >= 0.6 is 0 Å². The summed E-state index contributed by atoms with van der Waals surface area (Å²) >= 11 is 0. The minimum absolute atomic E-state index is 0.0380. The molecule has 22 heavy (non-hydrogen) atoms. The van der Waals surface area contributed by atoms with Gasteiger partial charge in [-0.3, -0.25) is 4.90 Å². The molecule has 4 rings (SSSR count). The number of hydrogen-bond acceptors (Lipinski definition) is 4. The zero-order valence-electron chi connectivity index (χ0n) is 12.3. The van der Waals surface area contributed by atoms with Crippen molar-refractivity contribution in [1.82, 2.24) is 4.90 Å². The van der Waals surface area contributed by atoms with Crippen LogP contribution in [0.3, 0.4) is 0 Å². The molecule has 0 aromatic heterocycles. The summed E-state index contributed by atoms with van der Waals surface area (Å²) in [6.45, 7) is 1.93. The van der Waals surface area contributed by atoms with Gasteiger partial charge in [-0.25, -0.2) is 0 Å². The third-order valence-corrected chi connectivity index (χ3v) is 4.97. The maximum atomic E-state index is 9.80. The molecule has 2 aromatic rings. The third kappa shape index (κ3) is 2.11. The third-order valence-electron chi connectivity index (χ3n) is 4.97. The van der Waals surface area contributed by atoms with Crippen LogP contribution in [0.2, 0.25) is 0 Å². The average Bonchev–Trinajstić information content (AvgIpc) is 2.67. The average molecular weight is 297 g/mol. The Kier molecular flexibility index (Phi) is 3.01. The molecular weight excluding hydrogens is 278 g/mol. The van der Waals surface area contributed by atoms with Gasteiger partial charge in [0.05, 0.1) is 0 Å². The number of benzene rings is 2. The van der Waals surface area contributed by atoms with Gasteiger partial charge in [0, 0.05) is 19.1 Å². The number of fused-ring (bicyclic) bond motifs is 4. The molecule has 2 aliphatic heterocycles. The number of nitrogens with zero attached hydrogens (tertiary/aromatic N) is 1. The van der Waals surface area contributed by atoms with Crippen molar-refractivity contribution in [3.63, 3.8) is 0 Å². The Hall–Kier alpha value is -2.20. The fraction of sp³-hybridized carbons (Fsp3) is 0.333. The summed E-state index contributed by atoms with van der Waals surface area (Å²) in [5.74, 6) is 0.238. The van der Waals surface area contributed by atoms with Crippen molar-refractivity contribution in [2.24, 2.45) is 0 Å². The molecule has 0 radical (unpaired) electrons. The molecule has 1 unspecified atom stereocenters. The van der Waals surface area contributed by atoms with Crippen LogP contribution in [0.4, 0.5) is 0 Å². The minimum atomic E-state index is -0.0473. The summed E-state index contributed by atoms with van der Waals surface area (Å²) in [5.41, 5.74) is 4.70. The van der Waals surface area contributed by atoms with Crippen LogP contribution in [0, 0.1) is 0 Å². The second kappa shape index (κ2) is 4.92. The van der Waals surface area contributed by atoms with E-state index in [2.05, 4.69) is 4.90 Å². The molecule has 4 nitrogen and oxygen atoms in total. The van der Waals surface area contributed by atoms with Gasteiger partial charge in [-0.1, -0.05) is 6.07 Å². The lowest BCUT2D eigenvalue weighted by Crippen LogP contribution is -2.36. The molecule has 0 amide bonds. The first-order valence-electron chi connectivity index (χ1n) is 7.71. The minimum Gasteiger partial charge on any atom is -0.508 e. The van der Waals surface area contributed by atoms with Crippen LogP contribution in [0.1, 0.15) is 28.3 Å². The Labute approximate surface area is 129 Å². The monoisotopic (exact) mass is 297 g/mol. The van der Waals surface area contributed by atoms with E-state index >= 15 is 0 Å². The summed E-state index contributed by atoms with van der Waals surface area (Å²) in [4.78, 5) is 2.47. The topological polar surface area (TPSA) is 63.9 Å². The van der Waals surface area contributed by atoms with E-state index in [1.807, 2.05) is 12.1 Å². The Morgan fingerprint density at radius 3 is 2.27 bits per heavy atom. The summed E-state index contributed by atoms with van der Waals surface area (Å²) < 4.78 is 0. The molecule has 2 heterocycles. The number of rotatable bonds is 0. The van der Waals surface area contributed by atoms with Crippen molar-refractivity contribution in [2.45, 2.75) is 25.3 Å². The van der Waals surface area contributed by atoms with Gasteiger partial charge in [-0.15, -0.1) is 0 Å². The second-order valence-corrected chi connectivity index (χ2v) is 6.25. The number of aromatic hydroxyl groups is 3. The van der Waals surface area contributed by atoms with Crippen LogP contribution in [0.5, 0.6) is 17.2 Å². The quantitative estimate of drug-likeness (QED) is 0.654. The first-order chi connectivity index (χ1) is 10.6. The molecule has 0 saturated carbocycles. The van der Waals surface area contributed by atoms with Crippen molar-refractivity contribution in [2.75, 3.05) is 13.1 Å². The predicted molar refractivity (Wildman–Crippen MR) is 83.3 cm³/mol. The van der Waals surface area contributed by atoms with Crippen molar-refractivity contribution in [3.8, 4) is 17.2 Å². The maximum absolute atomic E-state index is 9.80. The van der Waals surface area contributed by atoms with Gasteiger partial charge in [0.2, 0.25) is 0 Å². The van der Waals surface area contributed by atoms with Crippen molar-refractivity contribution >= 4 is 0 Å². The molecule has 114 valence electrons. The van der Waals surface area contributed by atoms with Crippen molar-refractivity contribution in [3.05, 3.63) is 52.6 Å². The Morgan fingerprint density at radius 1 is 0.818 bits per heavy atom. The van der Waals surface area contributed by atoms with Gasteiger partial charge in [0.15, 0.2) is 11.5 Å². The fourth-order valence-electron chi connectivity index (χ4n) is 3.82. The van der Waals surface area contributed by atoms with Gasteiger partial charge in [-0.05, 0) is 65.8 Å². The molecule has 3 N–H and O–H groups in total. The van der Waals surface area contributed by atoms with E-state index in [0.717, 1.165) is 43.5 Å². The standard InChI is InChI=1S/C18H19NO3/c20-14-1-2-15-12(7-14)4-6-19-5-3-11-9-17(21)18(22)10-13(11)8-16(15)19/h1-2,7,9-10,16,20-22H,3-6,8H2. The van der Waals surface area contributed by atoms with E-state index in [9.17, 15) is 15.3 Å². The summed E-state index contributed by atoms with van der Waals surface area (Å²) in [6.07, 6.45) is 2.65. The van der Waals surface area contributed by atoms with E-state index in [4.69, 9.17) is 0 Å². The number of phenols is 3. The highest BCUT2D eigenvalue weighted by atomic mass is 16.3. The lowest BCUT2D eigenvalue weighted by atomic mass is 9.88. The van der Waals surface area contributed by atoms with Crippen LogP contribution in [0.15, 0.2) is 30.3 Å². The molecule has 0 bridgehead atoms. The summed E-state index contributed by atoms with van der Waals surface area (Å²) in [7, 11) is 0. The van der Waals surface area contributed by atoms with E-state index in [-0.39, 0.29) is 17.5 Å². The molecule has 0 spiro atoms. The SMILES string of the molecule is Oc1ccc2c(c1)CCN1CCc3cc(O)c(O)cc3CC21. The first-order valence-corrected chi connectivity index (χ1v) is 7.71. The highest BCUT2D eigenvalue weighted by Crippen LogP contribution is 2.39. The van der Waals surface area contributed by atoms with Gasteiger partial charge in [0.1, 0.15) is 5.75 Å². The van der Waals surface area contributed by atoms with Crippen LogP contribution in [-0.2, 0) is 19.3 Å². The predicted octanol–water partition coefficient (Wildman–Crippen LogP) is 2.50. The lowest BCUT2D eigenvalue weighted by Gasteiger charge is -2.36. The molecule has 2 aliphatic rings. The highest BCUT2D eigenvalue weighted by Gasteiger charge is 2.30. The van der Waals surface area contributed by atoms with Crippen molar-refractivity contribution in [1.29, 1.82) is 0 Å². The van der Waals surface area contributed by atoms with E-state index in [1.165, 1.54) is 11.1 Å². The molecule has 0 fully saturated rings. The number of phenolic OH excluding ortho intramolecular Hbond substituents is 3. The van der Waals surface area contributed by atoms with E-state index < -0.39 is 0 Å². The van der Waals surface area contributed by atoms with Crippen molar-refractivity contribution < 1.29 is 15.3 Å². The summed E-state index contributed by atoms with van der Waals surface area (Å²) in [5, 5.41) is 29.2. The second-order valence-electron chi connectivity index (χ2n) is 6.25. The van der Waals surface area contributed by atoms with Gasteiger partial charge < -0.3 is 15.3 Å².